The molecule has 0 bridgehead atoms. The molecule has 2 heterocycles. The number of sulfonamides is 1. The van der Waals surface area contributed by atoms with Gasteiger partial charge in [0.05, 0.1) is 25.3 Å². The maximum Gasteiger partial charge on any atom is 0.227 e. The zero-order chi connectivity index (χ0) is 25.2. The molecular weight excluding hydrogens is 466 g/mol. The molecule has 188 valence electrons. The number of para-hydroxylation sites is 1. The van der Waals surface area contributed by atoms with E-state index in [0.717, 1.165) is 16.8 Å². The van der Waals surface area contributed by atoms with Crippen molar-refractivity contribution in [2.24, 2.45) is 5.92 Å². The first-order valence-electron chi connectivity index (χ1n) is 12.0. The third-order valence-corrected chi connectivity index (χ3v) is 8.17. The Hall–Kier alpha value is -2.91. The van der Waals surface area contributed by atoms with Crippen molar-refractivity contribution in [3.8, 4) is 5.75 Å². The first-order valence-corrected chi connectivity index (χ1v) is 13.8. The van der Waals surface area contributed by atoms with Gasteiger partial charge in [-0.3, -0.25) is 9.59 Å². The standard InChI is InChI=1S/C26H33N3O5S/c1-18-10-12-20(13-11-18)29-24(30)15-14-22(25(29)21-8-4-5-9-23(21)34-2)26(31)27-19-7-6-16-28(17-19)35(3,32)33/h4-5,8-13,19,22,25H,6-7,14-17H2,1-3H3,(H,27,31). The lowest BCUT2D eigenvalue weighted by Gasteiger charge is -2.42. The fraction of sp³-hybridized carbons (Fsp3) is 0.462. The van der Waals surface area contributed by atoms with Crippen LogP contribution in [-0.4, -0.2) is 57.0 Å². The van der Waals surface area contributed by atoms with Crippen LogP contribution in [0.5, 0.6) is 5.75 Å². The predicted octanol–water partition coefficient (Wildman–Crippen LogP) is 3.03. The Morgan fingerprint density at radius 2 is 1.80 bits per heavy atom. The van der Waals surface area contributed by atoms with Crippen LogP contribution >= 0.6 is 0 Å². The van der Waals surface area contributed by atoms with Crippen LogP contribution in [0.2, 0.25) is 0 Å². The number of nitrogens with zero attached hydrogens (tertiary/aromatic N) is 2. The molecule has 0 saturated carbocycles. The van der Waals surface area contributed by atoms with E-state index in [0.29, 0.717) is 31.6 Å². The van der Waals surface area contributed by atoms with E-state index in [9.17, 15) is 18.0 Å². The number of piperidine rings is 2. The van der Waals surface area contributed by atoms with Crippen molar-refractivity contribution in [2.75, 3.05) is 31.4 Å². The molecule has 2 fully saturated rings. The summed E-state index contributed by atoms with van der Waals surface area (Å²) in [5, 5.41) is 3.10. The van der Waals surface area contributed by atoms with E-state index in [1.54, 1.807) is 12.0 Å². The van der Waals surface area contributed by atoms with Gasteiger partial charge in [-0.05, 0) is 44.4 Å². The highest BCUT2D eigenvalue weighted by Crippen LogP contribution is 2.43. The van der Waals surface area contributed by atoms with Crippen LogP contribution in [0.15, 0.2) is 48.5 Å². The van der Waals surface area contributed by atoms with Crippen molar-refractivity contribution in [3.63, 3.8) is 0 Å². The van der Waals surface area contributed by atoms with Crippen LogP contribution in [-0.2, 0) is 19.6 Å². The van der Waals surface area contributed by atoms with Gasteiger partial charge in [0.2, 0.25) is 21.8 Å². The van der Waals surface area contributed by atoms with Crippen LogP contribution in [0.1, 0.15) is 42.9 Å². The zero-order valence-electron chi connectivity index (χ0n) is 20.4. The molecule has 2 aromatic carbocycles. The number of nitrogens with one attached hydrogen (secondary N) is 1. The molecule has 2 aliphatic rings. The van der Waals surface area contributed by atoms with E-state index in [1.165, 1.54) is 10.6 Å². The minimum Gasteiger partial charge on any atom is -0.496 e. The second-order valence-corrected chi connectivity index (χ2v) is 11.4. The van der Waals surface area contributed by atoms with Crippen molar-refractivity contribution >= 4 is 27.5 Å². The van der Waals surface area contributed by atoms with Gasteiger partial charge in [-0.25, -0.2) is 12.7 Å². The molecule has 1 N–H and O–H groups in total. The number of benzene rings is 2. The number of carbonyl (C=O) groups is 2. The normalized spacial score (nSPS) is 23.7. The number of carbonyl (C=O) groups excluding carboxylic acids is 2. The lowest BCUT2D eigenvalue weighted by Crippen LogP contribution is -2.53. The Bertz CT molecular complexity index is 1180. The molecule has 4 rings (SSSR count). The number of ether oxygens (including phenoxy) is 1. The molecule has 2 aliphatic heterocycles. The summed E-state index contributed by atoms with van der Waals surface area (Å²) < 4.78 is 31.1. The van der Waals surface area contributed by atoms with Crippen molar-refractivity contribution in [1.29, 1.82) is 0 Å². The SMILES string of the molecule is COc1ccccc1C1C(C(=O)NC2CCCN(S(C)(=O)=O)C2)CCC(=O)N1c1ccc(C)cc1. The summed E-state index contributed by atoms with van der Waals surface area (Å²) >= 11 is 0. The lowest BCUT2D eigenvalue weighted by molar-refractivity contribution is -0.130. The monoisotopic (exact) mass is 499 g/mol. The summed E-state index contributed by atoms with van der Waals surface area (Å²) in [6, 6.07) is 14.4. The van der Waals surface area contributed by atoms with Crippen LogP contribution < -0.4 is 15.0 Å². The molecule has 3 atom stereocenters. The fourth-order valence-electron chi connectivity index (χ4n) is 5.11. The Balaban J connectivity index is 1.68. The van der Waals surface area contributed by atoms with E-state index in [-0.39, 0.29) is 30.8 Å². The zero-order valence-corrected chi connectivity index (χ0v) is 21.3. The van der Waals surface area contributed by atoms with E-state index in [1.807, 2.05) is 55.5 Å². The van der Waals surface area contributed by atoms with Crippen molar-refractivity contribution < 1.29 is 22.7 Å². The predicted molar refractivity (Wildman–Crippen MR) is 135 cm³/mol. The van der Waals surface area contributed by atoms with Crippen LogP contribution in [0.25, 0.3) is 0 Å². The molecule has 2 saturated heterocycles. The number of hydrogen-bond donors (Lipinski definition) is 1. The number of hydrogen-bond acceptors (Lipinski definition) is 5. The number of anilines is 1. The summed E-state index contributed by atoms with van der Waals surface area (Å²) in [6.45, 7) is 2.71. The van der Waals surface area contributed by atoms with Crippen LogP contribution in [0, 0.1) is 12.8 Å². The minimum absolute atomic E-state index is 0.0465. The van der Waals surface area contributed by atoms with E-state index >= 15 is 0 Å². The van der Waals surface area contributed by atoms with Gasteiger partial charge in [0, 0.05) is 36.8 Å². The molecule has 3 unspecified atom stereocenters. The van der Waals surface area contributed by atoms with Gasteiger partial charge >= 0.3 is 0 Å². The summed E-state index contributed by atoms with van der Waals surface area (Å²) in [4.78, 5) is 28.7. The highest BCUT2D eigenvalue weighted by atomic mass is 32.2. The van der Waals surface area contributed by atoms with Gasteiger partial charge < -0.3 is 15.0 Å². The maximum absolute atomic E-state index is 13.7. The molecule has 35 heavy (non-hydrogen) atoms. The van der Waals surface area contributed by atoms with Gasteiger partial charge in [-0.2, -0.15) is 0 Å². The Morgan fingerprint density at radius 1 is 1.09 bits per heavy atom. The topological polar surface area (TPSA) is 96.0 Å². The van der Waals surface area contributed by atoms with Crippen molar-refractivity contribution in [1.82, 2.24) is 9.62 Å². The average Bonchev–Trinajstić information content (AvgIpc) is 2.84. The van der Waals surface area contributed by atoms with Gasteiger partial charge in [0.25, 0.3) is 0 Å². The molecule has 2 amide bonds. The molecule has 2 aromatic rings. The third-order valence-electron chi connectivity index (χ3n) is 6.90. The summed E-state index contributed by atoms with van der Waals surface area (Å²) in [5.41, 5.74) is 2.58. The third kappa shape index (κ3) is 5.51. The van der Waals surface area contributed by atoms with Crippen molar-refractivity contribution in [2.45, 2.75) is 44.7 Å². The van der Waals surface area contributed by atoms with Gasteiger partial charge in [-0.15, -0.1) is 0 Å². The van der Waals surface area contributed by atoms with Gasteiger partial charge in [0.15, 0.2) is 0 Å². The molecule has 8 nitrogen and oxygen atoms in total. The fourth-order valence-corrected chi connectivity index (χ4v) is 6.02. The largest absolute Gasteiger partial charge is 0.496 e. The van der Waals surface area contributed by atoms with E-state index in [4.69, 9.17) is 4.74 Å². The molecular formula is C26H33N3O5S. The van der Waals surface area contributed by atoms with Crippen LogP contribution in [0.3, 0.4) is 0 Å². The number of amides is 2. The molecule has 0 spiro atoms. The Kier molecular flexibility index (Phi) is 7.47. The summed E-state index contributed by atoms with van der Waals surface area (Å²) in [5.74, 6) is -0.123. The first-order chi connectivity index (χ1) is 16.7. The van der Waals surface area contributed by atoms with Gasteiger partial charge in [-0.1, -0.05) is 35.9 Å². The average molecular weight is 500 g/mol. The molecule has 0 radical (unpaired) electrons. The summed E-state index contributed by atoms with van der Waals surface area (Å²) in [7, 11) is -1.75. The maximum atomic E-state index is 13.7. The Morgan fingerprint density at radius 3 is 2.49 bits per heavy atom. The first kappa shape index (κ1) is 25.2. The highest BCUT2D eigenvalue weighted by molar-refractivity contribution is 7.88. The minimum atomic E-state index is -3.33. The molecule has 9 heteroatoms. The molecule has 0 aromatic heterocycles. The van der Waals surface area contributed by atoms with E-state index < -0.39 is 22.0 Å². The lowest BCUT2D eigenvalue weighted by atomic mass is 9.82. The number of aryl methyl sites for hydroxylation is 1. The highest BCUT2D eigenvalue weighted by Gasteiger charge is 2.43. The molecule has 0 aliphatic carbocycles. The number of rotatable bonds is 6. The van der Waals surface area contributed by atoms with Crippen molar-refractivity contribution in [3.05, 3.63) is 59.7 Å². The Labute approximate surface area is 207 Å². The smallest absolute Gasteiger partial charge is 0.227 e. The summed E-state index contributed by atoms with van der Waals surface area (Å²) in [6.07, 6.45) is 3.24. The number of methoxy groups -OCH3 is 1. The van der Waals surface area contributed by atoms with Crippen LogP contribution in [0.4, 0.5) is 5.69 Å². The second-order valence-electron chi connectivity index (χ2n) is 9.40. The van der Waals surface area contributed by atoms with Gasteiger partial charge in [0.1, 0.15) is 5.75 Å². The second kappa shape index (κ2) is 10.4. The quantitative estimate of drug-likeness (QED) is 0.659. The van der Waals surface area contributed by atoms with E-state index in [2.05, 4.69) is 5.32 Å².